The molecule has 1 aliphatic heterocycles. The van der Waals surface area contributed by atoms with E-state index < -0.39 is 0 Å². The number of likely N-dealkylation sites (tertiary alicyclic amines) is 1. The number of amides is 1. The normalized spacial score (nSPS) is 19.3. The molecule has 6 heteroatoms. The van der Waals surface area contributed by atoms with Gasteiger partial charge in [0.1, 0.15) is 0 Å². The number of nitrogens with zero attached hydrogens (tertiary/aromatic N) is 2. The fourth-order valence-electron chi connectivity index (χ4n) is 2.49. The van der Waals surface area contributed by atoms with E-state index in [9.17, 15) is 4.79 Å². The average molecular weight is 315 g/mol. The van der Waals surface area contributed by atoms with Crippen LogP contribution in [0.1, 0.15) is 44.9 Å². The second-order valence-corrected chi connectivity index (χ2v) is 6.85. The van der Waals surface area contributed by atoms with E-state index in [1.165, 1.54) is 0 Å². The number of hydrogen-bond donors (Lipinski definition) is 0. The van der Waals surface area contributed by atoms with Gasteiger partial charge in [-0.05, 0) is 52.1 Å². The first-order valence-corrected chi connectivity index (χ1v) is 7.70. The van der Waals surface area contributed by atoms with E-state index >= 15 is 0 Å². The van der Waals surface area contributed by atoms with Crippen LogP contribution in [0.25, 0.3) is 0 Å². The molecule has 1 aliphatic rings. The minimum absolute atomic E-state index is 0.0585. The van der Waals surface area contributed by atoms with E-state index in [1.54, 1.807) is 6.92 Å². The molecule has 1 atom stereocenters. The van der Waals surface area contributed by atoms with Crippen LogP contribution in [-0.2, 0) is 16.0 Å². The van der Waals surface area contributed by atoms with Gasteiger partial charge >= 0.3 is 0 Å². The lowest BCUT2D eigenvalue weighted by molar-refractivity contribution is -0.133. The Morgan fingerprint density at radius 3 is 2.81 bits per heavy atom. The molecule has 0 spiro atoms. The van der Waals surface area contributed by atoms with E-state index in [1.807, 2.05) is 25.7 Å². The zero-order chi connectivity index (χ0) is 15.6. The van der Waals surface area contributed by atoms with Gasteiger partial charge in [0.15, 0.2) is 0 Å². The molecule has 0 unspecified atom stereocenters. The smallest absolute Gasteiger partial charge is 0.229 e. The Bertz CT molecular complexity index is 488. The van der Waals surface area contributed by atoms with Crippen LogP contribution >= 0.6 is 11.6 Å². The molecule has 1 amide bonds. The average Bonchev–Trinajstić information content (AvgIpc) is 2.97. The summed E-state index contributed by atoms with van der Waals surface area (Å²) in [4.78, 5) is 14.4. The lowest BCUT2D eigenvalue weighted by atomic mass is 10.1. The van der Waals surface area contributed by atoms with Crippen LogP contribution < -0.4 is 0 Å². The molecule has 5 nitrogen and oxygen atoms in total. The molecule has 1 saturated heterocycles. The number of hydrogen-bond acceptors (Lipinski definition) is 4. The summed E-state index contributed by atoms with van der Waals surface area (Å²) >= 11 is 5.93. The summed E-state index contributed by atoms with van der Waals surface area (Å²) in [6.45, 7) is 9.21. The van der Waals surface area contributed by atoms with Crippen molar-refractivity contribution in [2.45, 2.75) is 58.6 Å². The summed E-state index contributed by atoms with van der Waals surface area (Å²) in [5.41, 5.74) is 1.17. The van der Waals surface area contributed by atoms with Crippen molar-refractivity contribution in [1.82, 2.24) is 10.1 Å². The van der Waals surface area contributed by atoms with Gasteiger partial charge in [0.05, 0.1) is 30.4 Å². The molecule has 0 saturated carbocycles. The molecule has 1 aromatic heterocycles. The number of aryl methyl sites for hydroxylation is 1. The van der Waals surface area contributed by atoms with E-state index in [-0.39, 0.29) is 29.2 Å². The molecule has 0 aliphatic carbocycles. The number of carbonyl (C=O) groups excluding carboxylic acids is 1. The Hall–Kier alpha value is -1.07. The number of halogens is 1. The molecule has 1 aromatic rings. The maximum Gasteiger partial charge on any atom is 0.229 e. The number of rotatable bonds is 4. The van der Waals surface area contributed by atoms with Gasteiger partial charge in [-0.25, -0.2) is 0 Å². The molecule has 2 heterocycles. The van der Waals surface area contributed by atoms with Crippen LogP contribution in [0.4, 0.5) is 0 Å². The monoisotopic (exact) mass is 314 g/mol. The minimum Gasteiger partial charge on any atom is -0.374 e. The summed E-state index contributed by atoms with van der Waals surface area (Å²) < 4.78 is 10.7. The highest BCUT2D eigenvalue weighted by atomic mass is 35.5. The number of ether oxygens (including phenoxy) is 1. The van der Waals surface area contributed by atoms with Crippen molar-refractivity contribution in [3.63, 3.8) is 0 Å². The van der Waals surface area contributed by atoms with Crippen LogP contribution in [0, 0.1) is 6.92 Å². The number of aromatic nitrogens is 1. The lowest BCUT2D eigenvalue weighted by Gasteiger charge is -2.28. The van der Waals surface area contributed by atoms with Crippen molar-refractivity contribution < 1.29 is 14.1 Å². The van der Waals surface area contributed by atoms with Gasteiger partial charge in [-0.1, -0.05) is 5.16 Å². The molecular weight excluding hydrogens is 292 g/mol. The Morgan fingerprint density at radius 1 is 1.52 bits per heavy atom. The van der Waals surface area contributed by atoms with Crippen LogP contribution in [-0.4, -0.2) is 40.8 Å². The Morgan fingerprint density at radius 2 is 2.24 bits per heavy atom. The second-order valence-electron chi connectivity index (χ2n) is 6.50. The van der Waals surface area contributed by atoms with Gasteiger partial charge in [0.2, 0.25) is 11.1 Å². The van der Waals surface area contributed by atoms with Crippen molar-refractivity contribution in [3.8, 4) is 0 Å². The third-order valence-electron chi connectivity index (χ3n) is 3.67. The third-order valence-corrected chi connectivity index (χ3v) is 3.97. The fourth-order valence-corrected chi connectivity index (χ4v) is 2.73. The van der Waals surface area contributed by atoms with Crippen molar-refractivity contribution in [2.75, 3.05) is 13.2 Å². The van der Waals surface area contributed by atoms with Crippen molar-refractivity contribution >= 4 is 17.5 Å². The van der Waals surface area contributed by atoms with E-state index in [4.69, 9.17) is 20.9 Å². The molecule has 0 radical (unpaired) electrons. The second kappa shape index (κ2) is 6.36. The maximum absolute atomic E-state index is 12.5. The molecule has 21 heavy (non-hydrogen) atoms. The highest BCUT2D eigenvalue weighted by molar-refractivity contribution is 6.29. The molecule has 2 rings (SSSR count). The van der Waals surface area contributed by atoms with Gasteiger partial charge in [0.25, 0.3) is 0 Å². The first-order chi connectivity index (χ1) is 9.78. The van der Waals surface area contributed by atoms with Crippen molar-refractivity contribution in [2.24, 2.45) is 0 Å². The SMILES string of the molecule is Cc1noc(Cl)c1CC(=O)N1CCC[C@H]1COC(C)(C)C. The highest BCUT2D eigenvalue weighted by Crippen LogP contribution is 2.24. The molecular formula is C15H23ClN2O3. The first kappa shape index (κ1) is 16.3. The van der Waals surface area contributed by atoms with E-state index in [0.717, 1.165) is 19.4 Å². The standard InChI is InChI=1S/C15H23ClN2O3/c1-10-12(14(16)21-17-10)8-13(19)18-7-5-6-11(18)9-20-15(2,3)4/h11H,5-9H2,1-4H3/t11-/m0/s1. The van der Waals surface area contributed by atoms with Crippen LogP contribution in [0.5, 0.6) is 0 Å². The quantitative estimate of drug-likeness (QED) is 0.857. The molecule has 1 fully saturated rings. The van der Waals surface area contributed by atoms with Crippen molar-refractivity contribution in [3.05, 3.63) is 16.5 Å². The van der Waals surface area contributed by atoms with E-state index in [2.05, 4.69) is 5.16 Å². The van der Waals surface area contributed by atoms with Gasteiger partial charge in [-0.15, -0.1) is 0 Å². The zero-order valence-electron chi connectivity index (χ0n) is 13.1. The van der Waals surface area contributed by atoms with Gasteiger partial charge in [-0.2, -0.15) is 0 Å². The van der Waals surface area contributed by atoms with Gasteiger partial charge < -0.3 is 14.2 Å². The summed E-state index contributed by atoms with van der Waals surface area (Å²) in [7, 11) is 0. The maximum atomic E-state index is 12.5. The lowest BCUT2D eigenvalue weighted by Crippen LogP contribution is -2.40. The highest BCUT2D eigenvalue weighted by Gasteiger charge is 2.31. The van der Waals surface area contributed by atoms with Crippen LogP contribution in [0.3, 0.4) is 0 Å². The first-order valence-electron chi connectivity index (χ1n) is 7.32. The largest absolute Gasteiger partial charge is 0.374 e. The van der Waals surface area contributed by atoms with Crippen molar-refractivity contribution in [1.29, 1.82) is 0 Å². The zero-order valence-corrected chi connectivity index (χ0v) is 13.9. The van der Waals surface area contributed by atoms with E-state index in [0.29, 0.717) is 17.9 Å². The summed E-state index contributed by atoms with van der Waals surface area (Å²) in [5.74, 6) is 0.0585. The summed E-state index contributed by atoms with van der Waals surface area (Å²) in [5, 5.41) is 3.99. The Labute approximate surface area is 130 Å². The predicted octanol–water partition coefficient (Wildman–Crippen LogP) is 2.99. The fraction of sp³-hybridized carbons (Fsp3) is 0.733. The molecule has 0 N–H and O–H groups in total. The van der Waals surface area contributed by atoms with Crippen LogP contribution in [0.2, 0.25) is 5.22 Å². The molecule has 0 bridgehead atoms. The summed E-state index contributed by atoms with van der Waals surface area (Å²) in [6, 6.07) is 0.149. The van der Waals surface area contributed by atoms with Gasteiger partial charge in [0, 0.05) is 12.1 Å². The molecule has 0 aromatic carbocycles. The number of carbonyl (C=O) groups is 1. The predicted molar refractivity (Wildman–Crippen MR) is 80.4 cm³/mol. The Balaban J connectivity index is 1.98. The topological polar surface area (TPSA) is 55.6 Å². The third kappa shape index (κ3) is 4.20. The van der Waals surface area contributed by atoms with Gasteiger partial charge in [-0.3, -0.25) is 4.79 Å². The minimum atomic E-state index is -0.189. The summed E-state index contributed by atoms with van der Waals surface area (Å²) in [6.07, 6.45) is 2.23. The Kier molecular flexibility index (Phi) is 4.94. The molecule has 118 valence electrons. The van der Waals surface area contributed by atoms with Crippen LogP contribution in [0.15, 0.2) is 4.52 Å².